The van der Waals surface area contributed by atoms with Crippen LogP contribution in [0.15, 0.2) is 41.4 Å². The molecule has 12 N–H and O–H groups in total. The minimum atomic E-state index is -1.39. The monoisotopic (exact) mass is 849 g/mol. The molecule has 1 fully saturated rings. The third kappa shape index (κ3) is 13.2. The lowest BCUT2D eigenvalue weighted by atomic mass is 10.0. The average Bonchev–Trinajstić information content (AvgIpc) is 3.71. The fourth-order valence-electron chi connectivity index (χ4n) is 7.44. The highest BCUT2D eigenvalue weighted by atomic mass is 16.6. The molecule has 2 heterocycles. The Morgan fingerprint density at radius 2 is 1.72 bits per heavy atom. The number of aryl methyl sites for hydroxylation is 1. The number of fused-ring (bicyclic) bond motifs is 2. The number of carbonyl (C=O) groups excluding carboxylic acids is 4. The lowest BCUT2D eigenvalue weighted by Gasteiger charge is -2.31. The molecule has 332 valence electrons. The number of hydrogen-bond donors (Lipinski definition) is 9. The standard InChI is InChI=1S/C41H59N11O9/c1-24-18-19-30(52(60)61)33-34(24)47-27-13-6-5-12-26(27)36(33)45-21-9-3-4-17-32(54)50-35(25(2)53)38(56)48-28(14-7-8-20-42)39(57)51-23-11-16-31(51)37(55)49-29(40(58)59)15-10-22-46-41(43)44/h5-6,12-13,18-19,25,28-29,31,35,53H,3-4,7-11,14-17,20-23,42H2,1-2H3,(H,45,47)(H,48,56)(H,49,55)(H,50,54)(H,58,59)(H4,43,44,46)/t25-,28+,29+,31+,35+/m1/s1. The molecular formula is C41H59N11O9. The van der Waals surface area contributed by atoms with Gasteiger partial charge >= 0.3 is 5.97 Å². The predicted molar refractivity (Wildman–Crippen MR) is 230 cm³/mol. The number of hydrogen-bond acceptors (Lipinski definition) is 12. The van der Waals surface area contributed by atoms with Crippen molar-refractivity contribution in [2.75, 3.05) is 31.5 Å². The van der Waals surface area contributed by atoms with E-state index in [4.69, 9.17) is 22.2 Å². The summed E-state index contributed by atoms with van der Waals surface area (Å²) < 4.78 is 0. The van der Waals surface area contributed by atoms with E-state index in [1.807, 2.05) is 31.2 Å². The Hall–Kier alpha value is -6.15. The van der Waals surface area contributed by atoms with Gasteiger partial charge in [-0.3, -0.25) is 34.3 Å². The maximum absolute atomic E-state index is 14.0. The first kappa shape index (κ1) is 47.5. The zero-order chi connectivity index (χ0) is 44.6. The Morgan fingerprint density at radius 1 is 0.984 bits per heavy atom. The number of guanidine groups is 1. The van der Waals surface area contributed by atoms with Crippen LogP contribution in [-0.2, 0) is 24.0 Å². The number of aliphatic carboxylic acids is 1. The number of benzene rings is 2. The number of nitro benzene ring substituents is 1. The molecule has 1 saturated heterocycles. The number of para-hydroxylation sites is 1. The topological polar surface area (TPSA) is 324 Å². The van der Waals surface area contributed by atoms with E-state index >= 15 is 0 Å². The van der Waals surface area contributed by atoms with Gasteiger partial charge in [-0.15, -0.1) is 0 Å². The number of amides is 4. The van der Waals surface area contributed by atoms with Gasteiger partial charge in [-0.2, -0.15) is 0 Å². The zero-order valence-electron chi connectivity index (χ0n) is 34.7. The van der Waals surface area contributed by atoms with Crippen molar-refractivity contribution in [3.63, 3.8) is 0 Å². The summed E-state index contributed by atoms with van der Waals surface area (Å²) in [5, 5.41) is 44.6. The van der Waals surface area contributed by atoms with Crippen LogP contribution in [0, 0.1) is 17.0 Å². The summed E-state index contributed by atoms with van der Waals surface area (Å²) in [6, 6.07) is 5.84. The molecule has 0 radical (unpaired) electrons. The van der Waals surface area contributed by atoms with Gasteiger partial charge in [-0.05, 0) is 89.8 Å². The minimum absolute atomic E-state index is 0.0390. The molecule has 4 rings (SSSR count). The zero-order valence-corrected chi connectivity index (χ0v) is 34.7. The molecule has 20 heteroatoms. The van der Waals surface area contributed by atoms with E-state index in [1.165, 1.54) is 17.9 Å². The number of carboxylic acids is 1. The number of nitrogens with zero attached hydrogens (tertiary/aromatic N) is 4. The Balaban J connectivity index is 1.34. The van der Waals surface area contributed by atoms with Crippen LogP contribution < -0.4 is 38.5 Å². The lowest BCUT2D eigenvalue weighted by Crippen LogP contribution is -2.59. The van der Waals surface area contributed by atoms with E-state index < -0.39 is 64.8 Å². The van der Waals surface area contributed by atoms with Crippen LogP contribution in [0.25, 0.3) is 21.8 Å². The highest BCUT2D eigenvalue weighted by Gasteiger charge is 2.39. The number of unbranched alkanes of at least 4 members (excludes halogenated alkanes) is 3. The number of anilines is 1. The van der Waals surface area contributed by atoms with E-state index in [9.17, 15) is 44.3 Å². The number of aliphatic hydroxyl groups is 1. The highest BCUT2D eigenvalue weighted by molar-refractivity contribution is 6.12. The van der Waals surface area contributed by atoms with Crippen LogP contribution >= 0.6 is 0 Å². The molecule has 61 heavy (non-hydrogen) atoms. The second-order valence-corrected chi connectivity index (χ2v) is 15.3. The predicted octanol–water partition coefficient (Wildman–Crippen LogP) is 1.67. The summed E-state index contributed by atoms with van der Waals surface area (Å²) in [4.78, 5) is 87.3. The SMILES string of the molecule is Cc1ccc([N+](=O)[O-])c2c(NCCCCCC(=O)N[C@H](C(=O)N[C@@H](CCCCN)C(=O)N3CCC[C@H]3C(=O)N[C@@H](CCCN=C(N)N)C(=O)O)[C@@H](C)O)c3ccccc3nc12. The van der Waals surface area contributed by atoms with E-state index in [1.54, 1.807) is 6.07 Å². The van der Waals surface area contributed by atoms with Crippen molar-refractivity contribution in [2.24, 2.45) is 22.2 Å². The molecule has 1 aromatic heterocycles. The molecule has 0 saturated carbocycles. The van der Waals surface area contributed by atoms with Crippen LogP contribution in [0.3, 0.4) is 0 Å². The molecule has 3 aromatic rings. The van der Waals surface area contributed by atoms with Gasteiger partial charge in [0.2, 0.25) is 23.6 Å². The third-order valence-electron chi connectivity index (χ3n) is 10.6. The molecule has 1 aliphatic heterocycles. The largest absolute Gasteiger partial charge is 0.480 e. The van der Waals surface area contributed by atoms with Crippen molar-refractivity contribution in [2.45, 2.75) is 115 Å². The van der Waals surface area contributed by atoms with E-state index in [2.05, 4.69) is 26.3 Å². The van der Waals surface area contributed by atoms with Crippen LogP contribution in [0.4, 0.5) is 11.4 Å². The number of pyridine rings is 1. The minimum Gasteiger partial charge on any atom is -0.480 e. The normalized spacial score (nSPS) is 15.7. The van der Waals surface area contributed by atoms with Gasteiger partial charge in [0.05, 0.1) is 27.7 Å². The molecular weight excluding hydrogens is 791 g/mol. The van der Waals surface area contributed by atoms with Crippen molar-refractivity contribution in [1.29, 1.82) is 0 Å². The summed E-state index contributed by atoms with van der Waals surface area (Å²) in [5.41, 5.74) is 18.9. The van der Waals surface area contributed by atoms with Gasteiger partial charge < -0.3 is 53.6 Å². The van der Waals surface area contributed by atoms with Gasteiger partial charge in [-0.1, -0.05) is 30.7 Å². The van der Waals surface area contributed by atoms with E-state index in [0.29, 0.717) is 73.7 Å². The van der Waals surface area contributed by atoms with Gasteiger partial charge in [-0.25, -0.2) is 9.78 Å². The van der Waals surface area contributed by atoms with Crippen molar-refractivity contribution < 1.29 is 39.1 Å². The Kier molecular flexibility index (Phi) is 17.9. The number of carbonyl (C=O) groups is 5. The van der Waals surface area contributed by atoms with Gasteiger partial charge in [0.25, 0.3) is 5.69 Å². The number of rotatable bonds is 24. The van der Waals surface area contributed by atoms with Crippen LogP contribution in [-0.4, -0.2) is 117 Å². The number of likely N-dealkylation sites (tertiary alicyclic amines) is 1. The molecule has 1 aliphatic rings. The van der Waals surface area contributed by atoms with Gasteiger partial charge in [0.1, 0.15) is 29.6 Å². The first-order chi connectivity index (χ1) is 29.1. The first-order valence-electron chi connectivity index (χ1n) is 20.7. The van der Waals surface area contributed by atoms with Crippen molar-refractivity contribution in [3.8, 4) is 0 Å². The Bertz CT molecular complexity index is 2080. The Morgan fingerprint density at radius 3 is 2.41 bits per heavy atom. The molecule has 0 unspecified atom stereocenters. The number of aliphatic hydroxyl groups excluding tert-OH is 1. The number of aromatic nitrogens is 1. The fourth-order valence-corrected chi connectivity index (χ4v) is 7.44. The number of nitro groups is 1. The number of non-ortho nitro benzene ring substituents is 1. The molecule has 20 nitrogen and oxygen atoms in total. The van der Waals surface area contributed by atoms with Crippen molar-refractivity contribution in [3.05, 3.63) is 52.1 Å². The van der Waals surface area contributed by atoms with Crippen LogP contribution in [0.5, 0.6) is 0 Å². The molecule has 4 amide bonds. The average molecular weight is 850 g/mol. The van der Waals surface area contributed by atoms with Crippen molar-refractivity contribution in [1.82, 2.24) is 25.8 Å². The number of nitrogens with one attached hydrogen (secondary N) is 4. The second-order valence-electron chi connectivity index (χ2n) is 15.3. The fraction of sp³-hybridized carbons (Fsp3) is 0.537. The smallest absolute Gasteiger partial charge is 0.326 e. The second kappa shape index (κ2) is 23.0. The molecule has 5 atom stereocenters. The maximum Gasteiger partial charge on any atom is 0.326 e. The Labute approximate surface area is 353 Å². The molecule has 0 aliphatic carbocycles. The molecule has 0 bridgehead atoms. The van der Waals surface area contributed by atoms with E-state index in [-0.39, 0.29) is 56.8 Å². The first-order valence-corrected chi connectivity index (χ1v) is 20.7. The summed E-state index contributed by atoms with van der Waals surface area (Å²) >= 11 is 0. The van der Waals surface area contributed by atoms with Crippen molar-refractivity contribution >= 4 is 68.7 Å². The highest BCUT2D eigenvalue weighted by Crippen LogP contribution is 2.38. The summed E-state index contributed by atoms with van der Waals surface area (Å²) in [7, 11) is 0. The summed E-state index contributed by atoms with van der Waals surface area (Å²) in [6.45, 7) is 4.36. The van der Waals surface area contributed by atoms with Crippen LogP contribution in [0.1, 0.15) is 83.1 Å². The van der Waals surface area contributed by atoms with E-state index in [0.717, 1.165) is 10.9 Å². The van der Waals surface area contributed by atoms with Gasteiger partial charge in [0, 0.05) is 37.5 Å². The number of nitrogens with two attached hydrogens (primary N) is 3. The quantitative estimate of drug-likeness (QED) is 0.0155. The van der Waals surface area contributed by atoms with Gasteiger partial charge in [0.15, 0.2) is 5.96 Å². The number of aliphatic imine (C=N–C) groups is 1. The summed E-state index contributed by atoms with van der Waals surface area (Å²) in [5.74, 6) is -3.86. The summed E-state index contributed by atoms with van der Waals surface area (Å²) in [6.07, 6.45) is 2.63. The third-order valence-corrected chi connectivity index (χ3v) is 10.6. The maximum atomic E-state index is 14.0. The lowest BCUT2D eigenvalue weighted by molar-refractivity contribution is -0.383. The van der Waals surface area contributed by atoms with Crippen LogP contribution in [0.2, 0.25) is 0 Å². The molecule has 2 aromatic carbocycles. The number of carboxylic acid groups (broad SMARTS) is 1. The molecule has 0 spiro atoms.